The zero-order valence-electron chi connectivity index (χ0n) is 14.0. The van der Waals surface area contributed by atoms with E-state index in [1.165, 1.54) is 12.0 Å². The summed E-state index contributed by atoms with van der Waals surface area (Å²) in [7, 11) is 1.81. The molecule has 5 heteroatoms. The highest BCUT2D eigenvalue weighted by Crippen LogP contribution is 2.34. The van der Waals surface area contributed by atoms with E-state index in [0.717, 1.165) is 44.1 Å². The molecule has 2 heterocycles. The van der Waals surface area contributed by atoms with Crippen LogP contribution in [0.4, 0.5) is 0 Å². The third-order valence-corrected chi connectivity index (χ3v) is 4.48. The van der Waals surface area contributed by atoms with Gasteiger partial charge in [0.15, 0.2) is 5.96 Å². The molecule has 3 unspecified atom stereocenters. The van der Waals surface area contributed by atoms with E-state index < -0.39 is 0 Å². The van der Waals surface area contributed by atoms with Gasteiger partial charge >= 0.3 is 0 Å². The van der Waals surface area contributed by atoms with Gasteiger partial charge in [0.1, 0.15) is 5.75 Å². The summed E-state index contributed by atoms with van der Waals surface area (Å²) in [6.45, 7) is 3.59. The predicted octanol–water partition coefficient (Wildman–Crippen LogP) is 2.46. The fourth-order valence-corrected chi connectivity index (χ4v) is 3.31. The molecular weight excluding hydrogens is 290 g/mol. The summed E-state index contributed by atoms with van der Waals surface area (Å²) in [6.07, 6.45) is 5.28. The number of fused-ring (bicyclic) bond motifs is 2. The van der Waals surface area contributed by atoms with Crippen LogP contribution in [-0.4, -0.2) is 37.9 Å². The number of nitrogens with zero attached hydrogens (tertiary/aromatic N) is 1. The highest BCUT2D eigenvalue weighted by atomic mass is 16.5. The van der Waals surface area contributed by atoms with Crippen molar-refractivity contribution in [2.75, 3.05) is 13.7 Å². The Bertz CT molecular complexity index is 547. The molecule has 0 saturated carbocycles. The Morgan fingerprint density at radius 2 is 2.30 bits per heavy atom. The van der Waals surface area contributed by atoms with Crippen molar-refractivity contribution in [1.29, 1.82) is 0 Å². The van der Waals surface area contributed by atoms with Gasteiger partial charge in [-0.15, -0.1) is 0 Å². The number of ether oxygens (including phenoxy) is 2. The van der Waals surface area contributed by atoms with Crippen LogP contribution in [0, 0.1) is 0 Å². The van der Waals surface area contributed by atoms with Crippen LogP contribution in [0.5, 0.6) is 5.75 Å². The second-order valence-electron chi connectivity index (χ2n) is 6.28. The summed E-state index contributed by atoms with van der Waals surface area (Å²) in [6, 6.07) is 8.59. The molecule has 3 atom stereocenters. The van der Waals surface area contributed by atoms with Gasteiger partial charge in [0.05, 0.1) is 24.9 Å². The van der Waals surface area contributed by atoms with Crippen molar-refractivity contribution >= 4 is 5.96 Å². The minimum atomic E-state index is 0.351. The fraction of sp³-hybridized carbons (Fsp3) is 0.611. The van der Waals surface area contributed by atoms with Crippen LogP contribution in [0.1, 0.15) is 38.2 Å². The average Bonchev–Trinajstić information content (AvgIpc) is 3.20. The molecule has 2 aliphatic rings. The van der Waals surface area contributed by atoms with E-state index in [4.69, 9.17) is 9.47 Å². The molecule has 1 aromatic rings. The third-order valence-electron chi connectivity index (χ3n) is 4.48. The molecule has 0 aromatic heterocycles. The van der Waals surface area contributed by atoms with Gasteiger partial charge in [-0.05, 0) is 43.4 Å². The summed E-state index contributed by atoms with van der Waals surface area (Å²) >= 11 is 0. The average molecular weight is 317 g/mol. The van der Waals surface area contributed by atoms with Crippen molar-refractivity contribution in [3.8, 4) is 5.75 Å². The lowest BCUT2D eigenvalue weighted by molar-refractivity contribution is 0.0992. The first-order valence-electron chi connectivity index (χ1n) is 8.63. The molecule has 0 amide bonds. The number of guanidine groups is 1. The van der Waals surface area contributed by atoms with Gasteiger partial charge in [0, 0.05) is 13.6 Å². The van der Waals surface area contributed by atoms with Crippen molar-refractivity contribution in [1.82, 2.24) is 10.6 Å². The summed E-state index contributed by atoms with van der Waals surface area (Å²) in [5, 5.41) is 6.88. The summed E-state index contributed by atoms with van der Waals surface area (Å²) < 4.78 is 11.6. The van der Waals surface area contributed by atoms with Gasteiger partial charge in [-0.2, -0.15) is 0 Å². The van der Waals surface area contributed by atoms with Crippen LogP contribution < -0.4 is 15.4 Å². The summed E-state index contributed by atoms with van der Waals surface area (Å²) in [4.78, 5) is 4.33. The molecule has 2 N–H and O–H groups in total. The smallest absolute Gasteiger partial charge is 0.191 e. The van der Waals surface area contributed by atoms with Gasteiger partial charge in [-0.25, -0.2) is 0 Å². The number of hydrogen-bond acceptors (Lipinski definition) is 3. The second-order valence-corrected chi connectivity index (χ2v) is 6.28. The minimum Gasteiger partial charge on any atom is -0.494 e. The van der Waals surface area contributed by atoms with Crippen LogP contribution >= 0.6 is 0 Å². The highest BCUT2D eigenvalue weighted by Gasteiger charge is 2.41. The lowest BCUT2D eigenvalue weighted by Gasteiger charge is -2.22. The van der Waals surface area contributed by atoms with E-state index in [9.17, 15) is 0 Å². The Labute approximate surface area is 138 Å². The number of nitrogens with one attached hydrogen (secondary N) is 2. The molecule has 126 valence electrons. The Balaban J connectivity index is 1.50. The lowest BCUT2D eigenvalue weighted by atomic mass is 9.96. The molecule has 3 rings (SSSR count). The molecule has 2 aliphatic heterocycles. The van der Waals surface area contributed by atoms with E-state index in [1.54, 1.807) is 0 Å². The third kappa shape index (κ3) is 4.16. The SMILES string of the molecule is CCCOc1cccc(CNC(=NC)NC2CC3CCC2O3)c1. The molecule has 0 aliphatic carbocycles. The van der Waals surface area contributed by atoms with Crippen molar-refractivity contribution in [2.24, 2.45) is 4.99 Å². The van der Waals surface area contributed by atoms with Gasteiger partial charge in [-0.3, -0.25) is 4.99 Å². The lowest BCUT2D eigenvalue weighted by Crippen LogP contribution is -2.47. The van der Waals surface area contributed by atoms with Gasteiger partial charge < -0.3 is 20.1 Å². The standard InChI is InChI=1S/C18H27N3O2/c1-3-9-22-14-6-4-5-13(10-14)12-20-18(19-2)21-16-11-15-7-8-17(16)23-15/h4-6,10,15-17H,3,7-9,11-12H2,1-2H3,(H2,19,20,21). The van der Waals surface area contributed by atoms with E-state index in [1.807, 2.05) is 19.2 Å². The van der Waals surface area contributed by atoms with Crippen molar-refractivity contribution in [3.63, 3.8) is 0 Å². The number of aliphatic imine (C=N–C) groups is 1. The normalized spacial score (nSPS) is 26.3. The maximum Gasteiger partial charge on any atom is 0.191 e. The maximum atomic E-state index is 5.88. The van der Waals surface area contributed by atoms with E-state index in [0.29, 0.717) is 18.2 Å². The minimum absolute atomic E-state index is 0.351. The molecule has 0 radical (unpaired) electrons. The first-order valence-corrected chi connectivity index (χ1v) is 8.63. The van der Waals surface area contributed by atoms with E-state index >= 15 is 0 Å². The molecule has 0 spiro atoms. The van der Waals surface area contributed by atoms with Crippen LogP contribution in [-0.2, 0) is 11.3 Å². The topological polar surface area (TPSA) is 54.9 Å². The van der Waals surface area contributed by atoms with E-state index in [2.05, 4.69) is 34.7 Å². The Hall–Kier alpha value is -1.75. The molecule has 23 heavy (non-hydrogen) atoms. The monoisotopic (exact) mass is 317 g/mol. The van der Waals surface area contributed by atoms with Gasteiger partial charge in [-0.1, -0.05) is 19.1 Å². The number of benzene rings is 1. The van der Waals surface area contributed by atoms with Crippen molar-refractivity contribution < 1.29 is 9.47 Å². The van der Waals surface area contributed by atoms with Crippen LogP contribution in [0.2, 0.25) is 0 Å². The Kier molecular flexibility index (Phi) is 5.39. The first kappa shape index (κ1) is 16.1. The Morgan fingerprint density at radius 3 is 3.00 bits per heavy atom. The van der Waals surface area contributed by atoms with Crippen molar-refractivity contribution in [3.05, 3.63) is 29.8 Å². The van der Waals surface area contributed by atoms with Crippen molar-refractivity contribution in [2.45, 2.75) is 57.4 Å². The summed E-state index contributed by atoms with van der Waals surface area (Å²) in [5.74, 6) is 1.77. The van der Waals surface area contributed by atoms with Crippen LogP contribution in [0.25, 0.3) is 0 Å². The molecule has 1 aromatic carbocycles. The molecule has 2 bridgehead atoms. The van der Waals surface area contributed by atoms with E-state index in [-0.39, 0.29) is 0 Å². The van der Waals surface area contributed by atoms with Crippen LogP contribution in [0.3, 0.4) is 0 Å². The largest absolute Gasteiger partial charge is 0.494 e. The number of rotatable bonds is 6. The maximum absolute atomic E-state index is 5.88. The fourth-order valence-electron chi connectivity index (χ4n) is 3.31. The molecular formula is C18H27N3O2. The highest BCUT2D eigenvalue weighted by molar-refractivity contribution is 5.80. The molecule has 2 fully saturated rings. The quantitative estimate of drug-likeness (QED) is 0.625. The van der Waals surface area contributed by atoms with Crippen LogP contribution in [0.15, 0.2) is 29.3 Å². The Morgan fingerprint density at radius 1 is 1.39 bits per heavy atom. The molecule has 5 nitrogen and oxygen atoms in total. The summed E-state index contributed by atoms with van der Waals surface area (Å²) in [5.41, 5.74) is 1.19. The second kappa shape index (κ2) is 7.68. The zero-order chi connectivity index (χ0) is 16.1. The van der Waals surface area contributed by atoms with Gasteiger partial charge in [0.2, 0.25) is 0 Å². The molecule has 2 saturated heterocycles. The zero-order valence-corrected chi connectivity index (χ0v) is 14.0. The number of hydrogen-bond donors (Lipinski definition) is 2. The predicted molar refractivity (Wildman–Crippen MR) is 91.9 cm³/mol. The van der Waals surface area contributed by atoms with Gasteiger partial charge in [0.25, 0.3) is 0 Å². The first-order chi connectivity index (χ1) is 11.3.